The summed E-state index contributed by atoms with van der Waals surface area (Å²) in [5.74, 6) is 0. The molecule has 0 N–H and O–H groups in total. The molecule has 0 unspecified atom stereocenters. The molecular weight excluding hydrogens is 330 g/mol. The molecule has 0 saturated heterocycles. The van der Waals surface area contributed by atoms with Crippen LogP contribution >= 0.6 is 0 Å². The number of hydrogen-bond donors (Lipinski definition) is 0. The van der Waals surface area contributed by atoms with Crippen LogP contribution in [-0.2, 0) is 48.6 Å². The van der Waals surface area contributed by atoms with Crippen LogP contribution in [-0.4, -0.2) is 41.3 Å². The maximum atomic E-state index is 0. The summed E-state index contributed by atoms with van der Waals surface area (Å²) < 4.78 is 0. The van der Waals surface area contributed by atoms with Crippen LogP contribution in [0.2, 0.25) is 0 Å². The molecule has 0 aliphatic carbocycles. The smallest absolute Gasteiger partial charge is 0 e. The van der Waals surface area contributed by atoms with Gasteiger partial charge in [-0.2, -0.15) is 0 Å². The van der Waals surface area contributed by atoms with E-state index in [4.69, 9.17) is 0 Å². The summed E-state index contributed by atoms with van der Waals surface area (Å²) in [6, 6.07) is 0. The van der Waals surface area contributed by atoms with Gasteiger partial charge in [0.2, 0.25) is 0 Å². The van der Waals surface area contributed by atoms with E-state index in [1.165, 1.54) is 0 Å². The molecule has 0 bridgehead atoms. The molecule has 0 nitrogen and oxygen atoms in total. The molecule has 0 saturated carbocycles. The summed E-state index contributed by atoms with van der Waals surface area (Å²) in [6.07, 6.45) is 0. The first kappa shape index (κ1) is 28.2. The Labute approximate surface area is 88.2 Å². The number of rotatable bonds is 0. The van der Waals surface area contributed by atoms with Gasteiger partial charge in [0.05, 0.1) is 0 Å². The maximum absolute atomic E-state index is 0. The van der Waals surface area contributed by atoms with E-state index in [0.29, 0.717) is 0 Å². The monoisotopic (exact) mass is 335 g/mol. The summed E-state index contributed by atoms with van der Waals surface area (Å²) in [5.41, 5.74) is 0. The van der Waals surface area contributed by atoms with Crippen molar-refractivity contribution in [1.29, 1.82) is 0 Å². The average Bonchev–Trinajstić information content (AvgIpc) is 0. The third-order valence-electron chi connectivity index (χ3n) is 0. The summed E-state index contributed by atoms with van der Waals surface area (Å²) in [5, 5.41) is 0. The Morgan fingerprint density at radius 2 is 1.00 bits per heavy atom. The first-order valence-electron chi connectivity index (χ1n) is 0. The molecule has 0 atom stereocenters. The van der Waals surface area contributed by atoms with E-state index in [2.05, 4.69) is 0 Å². The minimum atomic E-state index is 0. The molecular formula is H5AlNbSnZr. The molecule has 0 aliphatic heterocycles. The fourth-order valence-electron chi connectivity index (χ4n) is 0. The largest absolute Gasteiger partial charge is 0 e. The van der Waals surface area contributed by atoms with Crippen molar-refractivity contribution >= 4 is 41.3 Å². The van der Waals surface area contributed by atoms with Crippen LogP contribution in [0.15, 0.2) is 0 Å². The SMILES string of the molecule is [AlH3].[Nb].[SnH2].[Zr]. The van der Waals surface area contributed by atoms with Gasteiger partial charge in [0.25, 0.3) is 0 Å². The Bertz CT molecular complexity index is 8.00. The van der Waals surface area contributed by atoms with E-state index in [-0.39, 0.29) is 89.9 Å². The molecule has 0 rings (SSSR count). The van der Waals surface area contributed by atoms with E-state index in [0.717, 1.165) is 0 Å². The molecule has 0 aromatic carbocycles. The van der Waals surface area contributed by atoms with Crippen molar-refractivity contribution in [2.24, 2.45) is 0 Å². The van der Waals surface area contributed by atoms with Gasteiger partial charge in [-0.15, -0.1) is 0 Å². The molecule has 0 spiro atoms. The van der Waals surface area contributed by atoms with Crippen LogP contribution < -0.4 is 0 Å². The summed E-state index contributed by atoms with van der Waals surface area (Å²) >= 11 is 0. The van der Waals surface area contributed by atoms with E-state index in [1.807, 2.05) is 0 Å². The predicted octanol–water partition coefficient (Wildman–Crippen LogP) is -2.11. The molecule has 4 heteroatoms. The van der Waals surface area contributed by atoms with Crippen molar-refractivity contribution in [2.75, 3.05) is 0 Å². The van der Waals surface area contributed by atoms with Gasteiger partial charge in [-0.25, -0.2) is 0 Å². The minimum Gasteiger partial charge on any atom is 0 e. The van der Waals surface area contributed by atoms with E-state index >= 15 is 0 Å². The zero-order chi connectivity index (χ0) is 0. The minimum absolute atomic E-state index is 0. The fourth-order valence-corrected chi connectivity index (χ4v) is 0. The van der Waals surface area contributed by atoms with Crippen molar-refractivity contribution in [1.82, 2.24) is 0 Å². The van der Waals surface area contributed by atoms with Crippen molar-refractivity contribution in [3.63, 3.8) is 0 Å². The van der Waals surface area contributed by atoms with Crippen molar-refractivity contribution in [3.05, 3.63) is 0 Å². The zero-order valence-electron chi connectivity index (χ0n) is 1.65. The van der Waals surface area contributed by atoms with Crippen LogP contribution in [0.3, 0.4) is 0 Å². The van der Waals surface area contributed by atoms with Crippen molar-refractivity contribution in [2.45, 2.75) is 0 Å². The molecule has 0 aromatic rings. The second-order valence-corrected chi connectivity index (χ2v) is 0. The number of hydrogen-bond acceptors (Lipinski definition) is 0. The summed E-state index contributed by atoms with van der Waals surface area (Å²) in [6.45, 7) is 0. The molecule has 4 heavy (non-hydrogen) atoms. The van der Waals surface area contributed by atoms with E-state index in [9.17, 15) is 0 Å². The molecule has 0 aliphatic rings. The Morgan fingerprint density at radius 3 is 1.00 bits per heavy atom. The van der Waals surface area contributed by atoms with Crippen LogP contribution in [0.4, 0.5) is 0 Å². The second-order valence-electron chi connectivity index (χ2n) is 0. The van der Waals surface area contributed by atoms with Gasteiger partial charge < -0.3 is 0 Å². The topological polar surface area (TPSA) is 0 Å². The van der Waals surface area contributed by atoms with Gasteiger partial charge in [-0.1, -0.05) is 0 Å². The standard InChI is InChI=1S/Al.Nb.Sn.Zr.5H. The molecule has 21 valence electrons. The molecule has 0 fully saturated rings. The van der Waals surface area contributed by atoms with Crippen LogP contribution in [0.1, 0.15) is 0 Å². The van der Waals surface area contributed by atoms with Gasteiger partial charge >= 0.3 is 23.9 Å². The third kappa shape index (κ3) is 8.88. The Balaban J connectivity index is 0. The van der Waals surface area contributed by atoms with Gasteiger partial charge in [0, 0.05) is 48.6 Å². The quantitative estimate of drug-likeness (QED) is 0.445. The molecule has 0 aromatic heterocycles. The third-order valence-corrected chi connectivity index (χ3v) is 0. The summed E-state index contributed by atoms with van der Waals surface area (Å²) in [4.78, 5) is 0. The van der Waals surface area contributed by atoms with Gasteiger partial charge in [0.1, 0.15) is 0 Å². The zero-order valence-corrected chi connectivity index (χ0v) is 10.3. The van der Waals surface area contributed by atoms with Crippen LogP contribution in [0.5, 0.6) is 0 Å². The summed E-state index contributed by atoms with van der Waals surface area (Å²) in [7, 11) is 0. The van der Waals surface area contributed by atoms with Gasteiger partial charge in [-0.05, 0) is 0 Å². The van der Waals surface area contributed by atoms with Gasteiger partial charge in [-0.3, -0.25) is 0 Å². The second kappa shape index (κ2) is 16.7. The Kier molecular flexibility index (Phi) is 118. The van der Waals surface area contributed by atoms with Crippen molar-refractivity contribution in [3.8, 4) is 0 Å². The van der Waals surface area contributed by atoms with Gasteiger partial charge in [0.15, 0.2) is 17.4 Å². The first-order valence-corrected chi connectivity index (χ1v) is 0. The molecule has 0 heterocycles. The van der Waals surface area contributed by atoms with Crippen LogP contribution in [0.25, 0.3) is 0 Å². The van der Waals surface area contributed by atoms with E-state index < -0.39 is 0 Å². The maximum Gasteiger partial charge on any atom is 0 e. The van der Waals surface area contributed by atoms with Crippen LogP contribution in [0, 0.1) is 0 Å². The first-order chi connectivity index (χ1) is 0. The fraction of sp³-hybridized carbons (Fsp3) is 0. The molecule has 3 radical (unpaired) electrons. The Morgan fingerprint density at radius 1 is 1.00 bits per heavy atom. The predicted molar refractivity (Wildman–Crippen MR) is 18.5 cm³/mol. The molecule has 0 amide bonds. The normalized spacial score (nSPS) is 0. The Hall–Kier alpha value is 2.95. The van der Waals surface area contributed by atoms with E-state index in [1.54, 1.807) is 0 Å². The average molecular weight is 335 g/mol. The van der Waals surface area contributed by atoms with Crippen molar-refractivity contribution < 1.29 is 48.6 Å².